The molecule has 1 aliphatic carbocycles. The van der Waals surface area contributed by atoms with E-state index in [9.17, 15) is 4.79 Å². The smallest absolute Gasteiger partial charge is 0.260 e. The maximum atomic E-state index is 12.6. The van der Waals surface area contributed by atoms with E-state index in [1.54, 1.807) is 16.8 Å². The van der Waals surface area contributed by atoms with Gasteiger partial charge in [-0.25, -0.2) is 4.98 Å². The van der Waals surface area contributed by atoms with Gasteiger partial charge in [0, 0.05) is 24.6 Å². The molecule has 0 atom stereocenters. The Morgan fingerprint density at radius 3 is 2.91 bits per heavy atom. The van der Waals surface area contributed by atoms with Gasteiger partial charge in [0.15, 0.2) is 0 Å². The molecular weight excluding hydrogens is 288 g/mol. The average molecular weight is 308 g/mol. The fourth-order valence-electron chi connectivity index (χ4n) is 3.56. The SMILES string of the molecule is O=c1c2cccnc2ccn1Cc1cncn1C1CCCCC1. The van der Waals surface area contributed by atoms with Gasteiger partial charge in [0.1, 0.15) is 0 Å². The van der Waals surface area contributed by atoms with Gasteiger partial charge in [0.2, 0.25) is 0 Å². The summed E-state index contributed by atoms with van der Waals surface area (Å²) in [6, 6.07) is 6.07. The molecule has 0 amide bonds. The van der Waals surface area contributed by atoms with E-state index in [0.717, 1.165) is 11.2 Å². The molecule has 0 bridgehead atoms. The summed E-state index contributed by atoms with van der Waals surface area (Å²) in [7, 11) is 0. The third kappa shape index (κ3) is 2.67. The van der Waals surface area contributed by atoms with Crippen molar-refractivity contribution in [2.75, 3.05) is 0 Å². The van der Waals surface area contributed by atoms with Gasteiger partial charge in [0.05, 0.1) is 29.5 Å². The van der Waals surface area contributed by atoms with E-state index in [0.29, 0.717) is 18.0 Å². The van der Waals surface area contributed by atoms with Gasteiger partial charge >= 0.3 is 0 Å². The fraction of sp³-hybridized carbons (Fsp3) is 0.389. The standard InChI is InChI=1S/C18H20N4O/c23-18-16-7-4-9-20-17(16)8-10-21(18)12-15-11-19-13-22(15)14-5-2-1-3-6-14/h4,7-11,13-14H,1-3,5-6,12H2. The van der Waals surface area contributed by atoms with Crippen molar-refractivity contribution in [2.24, 2.45) is 0 Å². The molecule has 3 heterocycles. The summed E-state index contributed by atoms with van der Waals surface area (Å²) < 4.78 is 4.01. The Bertz CT molecular complexity index is 874. The largest absolute Gasteiger partial charge is 0.330 e. The van der Waals surface area contributed by atoms with E-state index in [-0.39, 0.29) is 5.56 Å². The van der Waals surface area contributed by atoms with Crippen molar-refractivity contribution in [3.63, 3.8) is 0 Å². The van der Waals surface area contributed by atoms with Crippen LogP contribution in [0.3, 0.4) is 0 Å². The molecule has 4 rings (SSSR count). The molecule has 23 heavy (non-hydrogen) atoms. The third-order valence-electron chi connectivity index (χ3n) is 4.79. The number of hydrogen-bond acceptors (Lipinski definition) is 3. The Balaban J connectivity index is 1.68. The summed E-state index contributed by atoms with van der Waals surface area (Å²) in [4.78, 5) is 21.2. The van der Waals surface area contributed by atoms with Crippen LogP contribution in [0.25, 0.3) is 10.9 Å². The second kappa shape index (κ2) is 5.99. The van der Waals surface area contributed by atoms with Crippen LogP contribution in [0.2, 0.25) is 0 Å². The second-order valence-electron chi connectivity index (χ2n) is 6.27. The molecule has 5 heteroatoms. The van der Waals surface area contributed by atoms with Gasteiger partial charge in [-0.15, -0.1) is 0 Å². The zero-order chi connectivity index (χ0) is 15.6. The number of nitrogens with zero attached hydrogens (tertiary/aromatic N) is 4. The molecule has 0 aromatic carbocycles. The van der Waals surface area contributed by atoms with E-state index < -0.39 is 0 Å². The molecular formula is C18H20N4O. The summed E-state index contributed by atoms with van der Waals surface area (Å²) >= 11 is 0. The van der Waals surface area contributed by atoms with Crippen LogP contribution < -0.4 is 5.56 Å². The second-order valence-corrected chi connectivity index (χ2v) is 6.27. The molecule has 0 N–H and O–H groups in total. The first-order valence-corrected chi connectivity index (χ1v) is 8.28. The first kappa shape index (κ1) is 14.2. The Morgan fingerprint density at radius 2 is 2.04 bits per heavy atom. The number of aromatic nitrogens is 4. The van der Waals surface area contributed by atoms with E-state index in [4.69, 9.17) is 0 Å². The van der Waals surface area contributed by atoms with Crippen molar-refractivity contribution in [1.29, 1.82) is 0 Å². The van der Waals surface area contributed by atoms with Crippen LogP contribution in [0.4, 0.5) is 0 Å². The Morgan fingerprint density at radius 1 is 1.17 bits per heavy atom. The Kier molecular flexibility index (Phi) is 3.69. The number of hydrogen-bond donors (Lipinski definition) is 0. The minimum atomic E-state index is 0.00648. The van der Waals surface area contributed by atoms with Gasteiger partial charge in [-0.3, -0.25) is 9.78 Å². The quantitative estimate of drug-likeness (QED) is 0.747. The Hall–Kier alpha value is -2.43. The van der Waals surface area contributed by atoms with Crippen molar-refractivity contribution in [2.45, 2.75) is 44.7 Å². The summed E-state index contributed by atoms with van der Waals surface area (Å²) in [6.07, 6.45) is 13.7. The molecule has 0 radical (unpaired) electrons. The summed E-state index contributed by atoms with van der Waals surface area (Å²) in [5.74, 6) is 0. The van der Waals surface area contributed by atoms with Crippen molar-refractivity contribution >= 4 is 10.9 Å². The number of imidazole rings is 1. The van der Waals surface area contributed by atoms with Gasteiger partial charge in [-0.1, -0.05) is 19.3 Å². The molecule has 0 unspecified atom stereocenters. The third-order valence-corrected chi connectivity index (χ3v) is 4.79. The minimum absolute atomic E-state index is 0.00648. The minimum Gasteiger partial charge on any atom is -0.330 e. The van der Waals surface area contributed by atoms with Crippen molar-refractivity contribution in [3.05, 3.63) is 59.2 Å². The predicted octanol–water partition coefficient (Wildman–Crippen LogP) is 3.15. The topological polar surface area (TPSA) is 52.7 Å². The lowest BCUT2D eigenvalue weighted by molar-refractivity contribution is 0.345. The molecule has 0 saturated heterocycles. The molecule has 0 aliphatic heterocycles. The molecule has 3 aromatic heterocycles. The first-order chi connectivity index (χ1) is 11.3. The predicted molar refractivity (Wildman–Crippen MR) is 89.5 cm³/mol. The van der Waals surface area contributed by atoms with Crippen LogP contribution in [0.15, 0.2) is 47.9 Å². The van der Waals surface area contributed by atoms with Gasteiger partial charge in [-0.2, -0.15) is 0 Å². The van der Waals surface area contributed by atoms with Crippen LogP contribution in [0.5, 0.6) is 0 Å². The highest BCUT2D eigenvalue weighted by molar-refractivity contribution is 5.76. The maximum Gasteiger partial charge on any atom is 0.260 e. The lowest BCUT2D eigenvalue weighted by atomic mass is 9.95. The molecule has 0 spiro atoms. The van der Waals surface area contributed by atoms with Crippen molar-refractivity contribution < 1.29 is 0 Å². The van der Waals surface area contributed by atoms with E-state index in [1.165, 1.54) is 32.1 Å². The monoisotopic (exact) mass is 308 g/mol. The molecule has 1 saturated carbocycles. The molecule has 118 valence electrons. The van der Waals surface area contributed by atoms with Crippen LogP contribution in [0.1, 0.15) is 43.8 Å². The summed E-state index contributed by atoms with van der Waals surface area (Å²) in [5.41, 5.74) is 1.85. The summed E-state index contributed by atoms with van der Waals surface area (Å²) in [6.45, 7) is 0.556. The number of rotatable bonds is 3. The highest BCUT2D eigenvalue weighted by Crippen LogP contribution is 2.29. The van der Waals surface area contributed by atoms with Crippen LogP contribution in [0, 0.1) is 0 Å². The molecule has 1 aliphatic rings. The van der Waals surface area contributed by atoms with Gasteiger partial charge in [0.25, 0.3) is 5.56 Å². The lowest BCUT2D eigenvalue weighted by Gasteiger charge is -2.25. The molecule has 3 aromatic rings. The van der Waals surface area contributed by atoms with Crippen LogP contribution in [-0.2, 0) is 6.54 Å². The lowest BCUT2D eigenvalue weighted by Crippen LogP contribution is -2.23. The van der Waals surface area contributed by atoms with Gasteiger partial charge < -0.3 is 9.13 Å². The number of fused-ring (bicyclic) bond motifs is 1. The molecule has 5 nitrogen and oxygen atoms in total. The maximum absolute atomic E-state index is 12.6. The molecule has 1 fully saturated rings. The van der Waals surface area contributed by atoms with Crippen molar-refractivity contribution in [3.8, 4) is 0 Å². The zero-order valence-electron chi connectivity index (χ0n) is 13.1. The average Bonchev–Trinajstić information content (AvgIpc) is 3.07. The fourth-order valence-corrected chi connectivity index (χ4v) is 3.56. The normalized spacial score (nSPS) is 16.0. The highest BCUT2D eigenvalue weighted by atomic mass is 16.1. The van der Waals surface area contributed by atoms with E-state index >= 15 is 0 Å². The van der Waals surface area contributed by atoms with Gasteiger partial charge in [-0.05, 0) is 31.0 Å². The van der Waals surface area contributed by atoms with Crippen LogP contribution >= 0.6 is 0 Å². The van der Waals surface area contributed by atoms with Crippen LogP contribution in [-0.4, -0.2) is 19.1 Å². The zero-order valence-corrected chi connectivity index (χ0v) is 13.1. The van der Waals surface area contributed by atoms with E-state index in [1.807, 2.05) is 30.9 Å². The van der Waals surface area contributed by atoms with E-state index in [2.05, 4.69) is 14.5 Å². The van der Waals surface area contributed by atoms with Crippen molar-refractivity contribution in [1.82, 2.24) is 19.1 Å². The Labute approximate surface area is 134 Å². The number of pyridine rings is 2. The summed E-state index contributed by atoms with van der Waals surface area (Å²) in [5, 5.41) is 0.665. The first-order valence-electron chi connectivity index (χ1n) is 8.28. The highest BCUT2D eigenvalue weighted by Gasteiger charge is 2.18.